The zero-order valence-electron chi connectivity index (χ0n) is 13.9. The van der Waals surface area contributed by atoms with E-state index in [4.69, 9.17) is 14.6 Å². The minimum atomic E-state index is -3.77. The van der Waals surface area contributed by atoms with Crippen molar-refractivity contribution < 1.29 is 32.6 Å². The van der Waals surface area contributed by atoms with Gasteiger partial charge in [-0.25, -0.2) is 18.4 Å². The number of sulfonamides is 1. The summed E-state index contributed by atoms with van der Waals surface area (Å²) in [6.45, 7) is -0.305. The summed E-state index contributed by atoms with van der Waals surface area (Å²) < 4.78 is 32.2. The van der Waals surface area contributed by atoms with Crippen LogP contribution in [0.4, 0.5) is 4.79 Å². The number of primary sulfonamides is 1. The third-order valence-corrected chi connectivity index (χ3v) is 4.25. The molecule has 0 aliphatic rings. The predicted octanol–water partition coefficient (Wildman–Crippen LogP) is 1.90. The van der Waals surface area contributed by atoms with E-state index in [2.05, 4.69) is 4.84 Å². The Hall–Kier alpha value is -3.18. The Morgan fingerprint density at radius 3 is 1.70 bits per heavy atom. The standard InChI is InChI=1S/C16H16N2O8S/c17-27(22,23)15-7-5-13(6-8-15)10-25-16(19)24-9-12-1-3-14(4-2-12)11-26-18(20)21/h1-8H,9-11H2,(H2,17,22,23). The summed E-state index contributed by atoms with van der Waals surface area (Å²) in [5.74, 6) is 0. The molecule has 0 aromatic heterocycles. The van der Waals surface area contributed by atoms with Crippen LogP contribution in [0.3, 0.4) is 0 Å². The molecule has 2 rings (SSSR count). The summed E-state index contributed by atoms with van der Waals surface area (Å²) in [6.07, 6.45) is -0.897. The van der Waals surface area contributed by atoms with Gasteiger partial charge in [0, 0.05) is 0 Å². The van der Waals surface area contributed by atoms with Gasteiger partial charge in [-0.05, 0) is 28.8 Å². The molecule has 0 unspecified atom stereocenters. The van der Waals surface area contributed by atoms with Crippen LogP contribution >= 0.6 is 0 Å². The van der Waals surface area contributed by atoms with Gasteiger partial charge in [0.2, 0.25) is 10.0 Å². The van der Waals surface area contributed by atoms with Gasteiger partial charge in [-0.1, -0.05) is 36.4 Å². The molecule has 2 aromatic carbocycles. The van der Waals surface area contributed by atoms with Gasteiger partial charge in [-0.3, -0.25) is 0 Å². The van der Waals surface area contributed by atoms with Gasteiger partial charge >= 0.3 is 6.16 Å². The number of carbonyl (C=O) groups is 1. The van der Waals surface area contributed by atoms with Gasteiger partial charge in [0.15, 0.2) is 0 Å². The minimum Gasteiger partial charge on any atom is -0.429 e. The Bertz CT molecular complexity index is 895. The van der Waals surface area contributed by atoms with E-state index in [9.17, 15) is 23.3 Å². The number of hydrogen-bond donors (Lipinski definition) is 1. The molecule has 27 heavy (non-hydrogen) atoms. The molecular formula is C16H16N2O8S. The van der Waals surface area contributed by atoms with E-state index in [1.165, 1.54) is 24.3 Å². The van der Waals surface area contributed by atoms with E-state index >= 15 is 0 Å². The molecule has 0 saturated heterocycles. The van der Waals surface area contributed by atoms with Crippen molar-refractivity contribution in [1.29, 1.82) is 0 Å². The normalized spacial score (nSPS) is 10.9. The second-order valence-electron chi connectivity index (χ2n) is 5.33. The van der Waals surface area contributed by atoms with Crippen molar-refractivity contribution >= 4 is 16.2 Å². The molecule has 11 heteroatoms. The first-order chi connectivity index (χ1) is 12.7. The van der Waals surface area contributed by atoms with Crippen LogP contribution in [0.15, 0.2) is 53.4 Å². The maximum Gasteiger partial charge on any atom is 0.508 e. The van der Waals surface area contributed by atoms with Crippen molar-refractivity contribution in [2.75, 3.05) is 0 Å². The molecule has 0 fully saturated rings. The average Bonchev–Trinajstić information content (AvgIpc) is 2.63. The van der Waals surface area contributed by atoms with Crippen molar-refractivity contribution in [1.82, 2.24) is 0 Å². The Labute approximate surface area is 154 Å². The molecule has 0 aliphatic heterocycles. The lowest BCUT2D eigenvalue weighted by Crippen LogP contribution is -2.12. The second kappa shape index (κ2) is 8.96. The fourth-order valence-corrected chi connectivity index (χ4v) is 2.48. The molecule has 2 aromatic rings. The van der Waals surface area contributed by atoms with Gasteiger partial charge in [-0.15, -0.1) is 10.1 Å². The molecule has 0 bridgehead atoms. The highest BCUT2D eigenvalue weighted by Crippen LogP contribution is 2.11. The zero-order chi connectivity index (χ0) is 19.9. The first kappa shape index (κ1) is 20.1. The molecule has 2 N–H and O–H groups in total. The highest BCUT2D eigenvalue weighted by Gasteiger charge is 2.09. The molecule has 144 valence electrons. The second-order valence-corrected chi connectivity index (χ2v) is 6.89. The monoisotopic (exact) mass is 396 g/mol. The zero-order valence-corrected chi connectivity index (χ0v) is 14.8. The van der Waals surface area contributed by atoms with Gasteiger partial charge < -0.3 is 14.3 Å². The number of benzene rings is 2. The number of hydrogen-bond acceptors (Lipinski definition) is 8. The maximum absolute atomic E-state index is 11.6. The fourth-order valence-electron chi connectivity index (χ4n) is 1.96. The Morgan fingerprint density at radius 1 is 0.889 bits per heavy atom. The maximum atomic E-state index is 11.6. The van der Waals surface area contributed by atoms with Gasteiger partial charge in [0.1, 0.15) is 19.8 Å². The predicted molar refractivity (Wildman–Crippen MR) is 91.0 cm³/mol. The van der Waals surface area contributed by atoms with E-state index in [0.717, 1.165) is 0 Å². The molecule has 0 amide bonds. The van der Waals surface area contributed by atoms with Gasteiger partial charge in [-0.2, -0.15) is 0 Å². The van der Waals surface area contributed by atoms with Crippen molar-refractivity contribution in [3.63, 3.8) is 0 Å². The summed E-state index contributed by atoms with van der Waals surface area (Å²) in [6, 6.07) is 12.1. The third-order valence-electron chi connectivity index (χ3n) is 3.32. The SMILES string of the molecule is NS(=O)(=O)c1ccc(COC(=O)OCc2ccc(CO[N+](=O)[O-])cc2)cc1. The lowest BCUT2D eigenvalue weighted by molar-refractivity contribution is -0.763. The van der Waals surface area contributed by atoms with E-state index in [1.807, 2.05) is 0 Å². The van der Waals surface area contributed by atoms with E-state index < -0.39 is 21.3 Å². The summed E-state index contributed by atoms with van der Waals surface area (Å²) in [7, 11) is -3.77. The Morgan fingerprint density at radius 2 is 1.30 bits per heavy atom. The number of nitrogens with two attached hydrogens (primary N) is 1. The lowest BCUT2D eigenvalue weighted by Gasteiger charge is -2.07. The van der Waals surface area contributed by atoms with Gasteiger partial charge in [0.05, 0.1) is 4.90 Å². The van der Waals surface area contributed by atoms with Crippen LogP contribution in [0, 0.1) is 10.1 Å². The van der Waals surface area contributed by atoms with Crippen LogP contribution in [-0.4, -0.2) is 19.7 Å². The fraction of sp³-hybridized carbons (Fsp3) is 0.188. The molecular weight excluding hydrogens is 380 g/mol. The Balaban J connectivity index is 1.76. The van der Waals surface area contributed by atoms with Crippen LogP contribution < -0.4 is 5.14 Å². The lowest BCUT2D eigenvalue weighted by atomic mass is 10.1. The van der Waals surface area contributed by atoms with Crippen LogP contribution in [-0.2, 0) is 44.2 Å². The van der Waals surface area contributed by atoms with Crippen molar-refractivity contribution in [3.05, 3.63) is 75.3 Å². The molecule has 0 radical (unpaired) electrons. The molecule has 10 nitrogen and oxygen atoms in total. The molecule has 0 atom stereocenters. The average molecular weight is 396 g/mol. The van der Waals surface area contributed by atoms with Crippen molar-refractivity contribution in [3.8, 4) is 0 Å². The number of ether oxygens (including phenoxy) is 2. The van der Waals surface area contributed by atoms with Crippen LogP contribution in [0.25, 0.3) is 0 Å². The molecule has 0 aliphatic carbocycles. The minimum absolute atomic E-state index is 0.0408. The largest absolute Gasteiger partial charge is 0.508 e. The number of rotatable bonds is 8. The van der Waals surface area contributed by atoms with Crippen molar-refractivity contribution in [2.24, 2.45) is 5.14 Å². The molecule has 0 saturated carbocycles. The quantitative estimate of drug-likeness (QED) is 0.404. The smallest absolute Gasteiger partial charge is 0.429 e. The van der Waals surface area contributed by atoms with Crippen molar-refractivity contribution in [2.45, 2.75) is 24.7 Å². The summed E-state index contributed by atoms with van der Waals surface area (Å²) in [5, 5.41) is 14.2. The number of nitrogens with zero attached hydrogens (tertiary/aromatic N) is 1. The van der Waals surface area contributed by atoms with Crippen LogP contribution in [0.2, 0.25) is 0 Å². The Kier molecular flexibility index (Phi) is 6.68. The molecule has 0 spiro atoms. The summed E-state index contributed by atoms with van der Waals surface area (Å²) in [5.41, 5.74) is 1.82. The molecule has 0 heterocycles. The topological polar surface area (TPSA) is 148 Å². The first-order valence-corrected chi connectivity index (χ1v) is 9.05. The first-order valence-electron chi connectivity index (χ1n) is 7.50. The van der Waals surface area contributed by atoms with E-state index in [0.29, 0.717) is 16.7 Å². The van der Waals surface area contributed by atoms with E-state index in [1.54, 1.807) is 24.3 Å². The van der Waals surface area contributed by atoms with Gasteiger partial charge in [0.25, 0.3) is 5.09 Å². The summed E-state index contributed by atoms with van der Waals surface area (Å²) in [4.78, 5) is 25.9. The van der Waals surface area contributed by atoms with Crippen LogP contribution in [0.1, 0.15) is 16.7 Å². The van der Waals surface area contributed by atoms with Crippen LogP contribution in [0.5, 0.6) is 0 Å². The highest BCUT2D eigenvalue weighted by atomic mass is 32.2. The van der Waals surface area contributed by atoms with E-state index in [-0.39, 0.29) is 24.7 Å². The number of carbonyl (C=O) groups excluding carboxylic acids is 1. The highest BCUT2D eigenvalue weighted by molar-refractivity contribution is 7.89. The summed E-state index contributed by atoms with van der Waals surface area (Å²) >= 11 is 0. The third kappa shape index (κ3) is 6.92.